The van der Waals surface area contributed by atoms with Crippen LogP contribution in [0.3, 0.4) is 0 Å². The van der Waals surface area contributed by atoms with Crippen LogP contribution in [0.15, 0.2) is 12.1 Å². The van der Waals surface area contributed by atoms with E-state index < -0.39 is 10.0 Å². The van der Waals surface area contributed by atoms with Gasteiger partial charge in [0.25, 0.3) is 0 Å². The molecule has 1 aromatic rings. The Morgan fingerprint density at radius 1 is 1.05 bits per heavy atom. The monoisotopic (exact) mass is 317 g/mol. The minimum absolute atomic E-state index is 0.133. The molecule has 0 atom stereocenters. The Kier molecular flexibility index (Phi) is 6.29. The average Bonchev–Trinajstić information content (AvgIpc) is 2.45. The Morgan fingerprint density at radius 2 is 1.57 bits per heavy atom. The van der Waals surface area contributed by atoms with Crippen LogP contribution in [-0.2, 0) is 16.6 Å². The molecule has 0 spiro atoms. The molecule has 6 nitrogen and oxygen atoms in total. The highest BCUT2D eigenvalue weighted by Gasteiger charge is 2.19. The predicted octanol–water partition coefficient (Wildman–Crippen LogP) is 1.88. The topological polar surface area (TPSA) is 65.1 Å². The summed E-state index contributed by atoms with van der Waals surface area (Å²) in [5.74, 6) is 1.64. The van der Waals surface area contributed by atoms with Gasteiger partial charge in [0.05, 0.1) is 27.1 Å². The van der Waals surface area contributed by atoms with Gasteiger partial charge in [-0.3, -0.25) is 0 Å². The largest absolute Gasteiger partial charge is 0.493 e. The summed E-state index contributed by atoms with van der Waals surface area (Å²) in [5, 5.41) is 0. The first-order valence-electron chi connectivity index (χ1n) is 6.62. The SMILES string of the molecule is CCCS(=O)(=O)N(C)Cc1cc(OC)c(OC)c(OC)c1. The van der Waals surface area contributed by atoms with E-state index in [1.165, 1.54) is 25.6 Å². The second kappa shape index (κ2) is 7.51. The highest BCUT2D eigenvalue weighted by atomic mass is 32.2. The molecular formula is C14H23NO5S. The molecule has 0 radical (unpaired) electrons. The van der Waals surface area contributed by atoms with Crippen LogP contribution in [0.25, 0.3) is 0 Å². The Balaban J connectivity index is 3.09. The number of nitrogens with zero attached hydrogens (tertiary/aromatic N) is 1. The average molecular weight is 317 g/mol. The van der Waals surface area contributed by atoms with Gasteiger partial charge in [-0.05, 0) is 24.1 Å². The molecule has 7 heteroatoms. The summed E-state index contributed by atoms with van der Waals surface area (Å²) in [4.78, 5) is 0. The van der Waals surface area contributed by atoms with E-state index in [0.717, 1.165) is 5.56 Å². The molecule has 1 rings (SSSR count). The number of ether oxygens (including phenoxy) is 3. The molecule has 0 aliphatic heterocycles. The third-order valence-electron chi connectivity index (χ3n) is 3.07. The normalized spacial score (nSPS) is 11.5. The van der Waals surface area contributed by atoms with Gasteiger partial charge in [0.2, 0.25) is 15.8 Å². The maximum atomic E-state index is 12.0. The molecule has 0 heterocycles. The Bertz CT molecular complexity index is 546. The number of benzene rings is 1. The van der Waals surface area contributed by atoms with Crippen molar-refractivity contribution >= 4 is 10.0 Å². The molecule has 0 aromatic heterocycles. The van der Waals surface area contributed by atoms with Gasteiger partial charge < -0.3 is 14.2 Å². The maximum absolute atomic E-state index is 12.0. The van der Waals surface area contributed by atoms with Crippen LogP contribution in [0, 0.1) is 0 Å². The number of sulfonamides is 1. The van der Waals surface area contributed by atoms with E-state index in [0.29, 0.717) is 23.7 Å². The van der Waals surface area contributed by atoms with Crippen molar-refractivity contribution in [2.24, 2.45) is 0 Å². The summed E-state index contributed by atoms with van der Waals surface area (Å²) >= 11 is 0. The number of rotatable bonds is 8. The van der Waals surface area contributed by atoms with Crippen molar-refractivity contribution in [3.63, 3.8) is 0 Å². The summed E-state index contributed by atoms with van der Waals surface area (Å²) in [7, 11) is 2.90. The van der Waals surface area contributed by atoms with Crippen LogP contribution in [-0.4, -0.2) is 46.9 Å². The molecule has 0 saturated carbocycles. The lowest BCUT2D eigenvalue weighted by atomic mass is 10.2. The second-order valence-corrected chi connectivity index (χ2v) is 6.80. The van der Waals surface area contributed by atoms with Gasteiger partial charge in [0, 0.05) is 13.6 Å². The highest BCUT2D eigenvalue weighted by Crippen LogP contribution is 2.38. The zero-order valence-electron chi connectivity index (χ0n) is 13.2. The van der Waals surface area contributed by atoms with Crippen LogP contribution >= 0.6 is 0 Å². The van der Waals surface area contributed by atoms with Crippen molar-refractivity contribution in [2.45, 2.75) is 19.9 Å². The minimum atomic E-state index is -3.24. The first-order valence-corrected chi connectivity index (χ1v) is 8.23. The third kappa shape index (κ3) is 4.25. The molecule has 0 aliphatic rings. The Morgan fingerprint density at radius 3 is 1.95 bits per heavy atom. The second-order valence-electron chi connectivity index (χ2n) is 4.61. The van der Waals surface area contributed by atoms with E-state index in [2.05, 4.69) is 0 Å². The van der Waals surface area contributed by atoms with Crippen molar-refractivity contribution in [2.75, 3.05) is 34.1 Å². The summed E-state index contributed by atoms with van der Waals surface area (Å²) in [6.45, 7) is 2.09. The van der Waals surface area contributed by atoms with Crippen LogP contribution in [0.1, 0.15) is 18.9 Å². The zero-order chi connectivity index (χ0) is 16.0. The number of methoxy groups -OCH3 is 3. The van der Waals surface area contributed by atoms with E-state index in [-0.39, 0.29) is 12.3 Å². The molecule has 0 aliphatic carbocycles. The smallest absolute Gasteiger partial charge is 0.214 e. The summed E-state index contributed by atoms with van der Waals surface area (Å²) in [6.07, 6.45) is 0.585. The van der Waals surface area contributed by atoms with E-state index in [9.17, 15) is 8.42 Å². The van der Waals surface area contributed by atoms with E-state index >= 15 is 0 Å². The first-order chi connectivity index (χ1) is 9.89. The summed E-state index contributed by atoms with van der Waals surface area (Å²) < 4.78 is 41.1. The summed E-state index contributed by atoms with van der Waals surface area (Å²) in [6, 6.07) is 3.50. The van der Waals surface area contributed by atoms with Crippen molar-refractivity contribution in [1.29, 1.82) is 0 Å². The van der Waals surface area contributed by atoms with Crippen molar-refractivity contribution in [1.82, 2.24) is 4.31 Å². The highest BCUT2D eigenvalue weighted by molar-refractivity contribution is 7.89. The molecule has 21 heavy (non-hydrogen) atoms. The standard InChI is InChI=1S/C14H23NO5S/c1-6-7-21(16,17)15(2)10-11-8-12(18-3)14(20-5)13(9-11)19-4/h8-9H,6-7,10H2,1-5H3. The van der Waals surface area contributed by atoms with Crippen LogP contribution < -0.4 is 14.2 Å². The van der Waals surface area contributed by atoms with Gasteiger partial charge >= 0.3 is 0 Å². The fourth-order valence-electron chi connectivity index (χ4n) is 2.00. The van der Waals surface area contributed by atoms with E-state index in [1.807, 2.05) is 6.92 Å². The van der Waals surface area contributed by atoms with Crippen molar-refractivity contribution in [3.8, 4) is 17.2 Å². The summed E-state index contributed by atoms with van der Waals surface area (Å²) in [5.41, 5.74) is 0.770. The minimum Gasteiger partial charge on any atom is -0.493 e. The number of hydrogen-bond donors (Lipinski definition) is 0. The zero-order valence-corrected chi connectivity index (χ0v) is 14.0. The van der Waals surface area contributed by atoms with E-state index in [1.54, 1.807) is 19.2 Å². The molecule has 0 unspecified atom stereocenters. The van der Waals surface area contributed by atoms with E-state index in [4.69, 9.17) is 14.2 Å². The lowest BCUT2D eigenvalue weighted by Crippen LogP contribution is -2.28. The maximum Gasteiger partial charge on any atom is 0.214 e. The molecule has 0 saturated heterocycles. The molecule has 0 fully saturated rings. The van der Waals surface area contributed by atoms with Crippen molar-refractivity contribution in [3.05, 3.63) is 17.7 Å². The van der Waals surface area contributed by atoms with Crippen LogP contribution in [0.5, 0.6) is 17.2 Å². The number of hydrogen-bond acceptors (Lipinski definition) is 5. The van der Waals surface area contributed by atoms with Crippen LogP contribution in [0.2, 0.25) is 0 Å². The predicted molar refractivity (Wildman–Crippen MR) is 81.6 cm³/mol. The van der Waals surface area contributed by atoms with Gasteiger partial charge in [-0.25, -0.2) is 12.7 Å². The third-order valence-corrected chi connectivity index (χ3v) is 5.07. The van der Waals surface area contributed by atoms with Crippen molar-refractivity contribution < 1.29 is 22.6 Å². The quantitative estimate of drug-likeness (QED) is 0.732. The molecular weight excluding hydrogens is 294 g/mol. The van der Waals surface area contributed by atoms with Gasteiger partial charge in [-0.15, -0.1) is 0 Å². The van der Waals surface area contributed by atoms with Gasteiger partial charge in [0.15, 0.2) is 11.5 Å². The van der Waals surface area contributed by atoms with Crippen LogP contribution in [0.4, 0.5) is 0 Å². The Hall–Kier alpha value is -1.47. The van der Waals surface area contributed by atoms with Gasteiger partial charge in [-0.2, -0.15) is 0 Å². The molecule has 0 amide bonds. The lowest BCUT2D eigenvalue weighted by Gasteiger charge is -2.19. The van der Waals surface area contributed by atoms with Gasteiger partial charge in [0.1, 0.15) is 0 Å². The first kappa shape index (κ1) is 17.6. The fraction of sp³-hybridized carbons (Fsp3) is 0.571. The molecule has 0 N–H and O–H groups in total. The lowest BCUT2D eigenvalue weighted by molar-refractivity contribution is 0.323. The fourth-order valence-corrected chi connectivity index (χ4v) is 3.17. The van der Waals surface area contributed by atoms with Gasteiger partial charge in [-0.1, -0.05) is 6.92 Å². The molecule has 0 bridgehead atoms. The molecule has 1 aromatic carbocycles. The Labute approximate surface area is 126 Å². The molecule has 120 valence electrons.